The van der Waals surface area contributed by atoms with Crippen LogP contribution in [0.25, 0.3) is 0 Å². The summed E-state index contributed by atoms with van der Waals surface area (Å²) in [6.07, 6.45) is 0.430. The Balaban J connectivity index is 2.44. The molecule has 0 radical (unpaired) electrons. The van der Waals surface area contributed by atoms with E-state index in [0.717, 1.165) is 0 Å². The van der Waals surface area contributed by atoms with Crippen molar-refractivity contribution in [2.45, 2.75) is 13.3 Å². The molecule has 0 fully saturated rings. The summed E-state index contributed by atoms with van der Waals surface area (Å²) in [6.45, 7) is 1.81. The number of carbonyl (C=O) groups excluding carboxylic acids is 1. The Morgan fingerprint density at radius 3 is 2.86 bits per heavy atom. The summed E-state index contributed by atoms with van der Waals surface area (Å²) >= 11 is 0. The van der Waals surface area contributed by atoms with E-state index in [2.05, 4.69) is 10.5 Å². The first-order valence-corrected chi connectivity index (χ1v) is 4.03. The molecule has 1 rings (SSSR count). The van der Waals surface area contributed by atoms with E-state index in [1.54, 1.807) is 0 Å². The van der Waals surface area contributed by atoms with Gasteiger partial charge in [-0.05, 0) is 0 Å². The van der Waals surface area contributed by atoms with Gasteiger partial charge < -0.3 is 14.9 Å². The van der Waals surface area contributed by atoms with Gasteiger partial charge in [-0.2, -0.15) is 0 Å². The molecule has 0 saturated carbocycles. The zero-order chi connectivity index (χ0) is 10.6. The summed E-state index contributed by atoms with van der Waals surface area (Å²) < 4.78 is 4.73. The maximum Gasteiger partial charge on any atom is 0.358 e. The number of hydrogen-bond acceptors (Lipinski definition) is 4. The van der Waals surface area contributed by atoms with E-state index < -0.39 is 5.97 Å². The second-order valence-electron chi connectivity index (χ2n) is 2.72. The average Bonchev–Trinajstić information content (AvgIpc) is 2.52. The number of amides is 1. The molecule has 76 valence electrons. The van der Waals surface area contributed by atoms with Crippen molar-refractivity contribution in [1.82, 2.24) is 10.5 Å². The summed E-state index contributed by atoms with van der Waals surface area (Å²) in [5.74, 6) is -0.821. The van der Waals surface area contributed by atoms with Crippen molar-refractivity contribution in [3.8, 4) is 0 Å². The lowest BCUT2D eigenvalue weighted by atomic mass is 10.3. The van der Waals surface area contributed by atoms with Crippen LogP contribution in [0.2, 0.25) is 0 Å². The monoisotopic (exact) mass is 198 g/mol. The van der Waals surface area contributed by atoms with Crippen LogP contribution in [0.5, 0.6) is 0 Å². The summed E-state index contributed by atoms with van der Waals surface area (Å²) in [7, 11) is 0. The Hall–Kier alpha value is -1.85. The predicted molar refractivity (Wildman–Crippen MR) is 45.9 cm³/mol. The van der Waals surface area contributed by atoms with Crippen molar-refractivity contribution in [3.63, 3.8) is 0 Å². The number of carboxylic acid groups (broad SMARTS) is 1. The molecular formula is C8H10N2O4. The van der Waals surface area contributed by atoms with Crippen LogP contribution < -0.4 is 5.32 Å². The highest BCUT2D eigenvalue weighted by atomic mass is 16.5. The highest BCUT2D eigenvalue weighted by molar-refractivity contribution is 5.85. The summed E-state index contributed by atoms with van der Waals surface area (Å²) in [5.41, 5.74) is -0.122. The topological polar surface area (TPSA) is 92.4 Å². The fourth-order valence-electron chi connectivity index (χ4n) is 0.893. The molecule has 0 aliphatic heterocycles. The van der Waals surface area contributed by atoms with Gasteiger partial charge in [-0.15, -0.1) is 0 Å². The molecule has 14 heavy (non-hydrogen) atoms. The van der Waals surface area contributed by atoms with Crippen molar-refractivity contribution < 1.29 is 19.2 Å². The van der Waals surface area contributed by atoms with E-state index in [1.807, 2.05) is 0 Å². The van der Waals surface area contributed by atoms with Crippen molar-refractivity contribution in [1.29, 1.82) is 0 Å². The number of carbonyl (C=O) groups is 2. The highest BCUT2D eigenvalue weighted by Crippen LogP contribution is 2.03. The largest absolute Gasteiger partial charge is 0.476 e. The smallest absolute Gasteiger partial charge is 0.358 e. The first-order chi connectivity index (χ1) is 6.59. The maximum atomic E-state index is 10.5. The molecule has 0 aromatic carbocycles. The van der Waals surface area contributed by atoms with Gasteiger partial charge in [0.05, 0.1) is 0 Å². The molecule has 1 heterocycles. The van der Waals surface area contributed by atoms with Crippen molar-refractivity contribution in [2.75, 3.05) is 6.54 Å². The van der Waals surface area contributed by atoms with Crippen LogP contribution in [0.1, 0.15) is 23.2 Å². The molecule has 6 nitrogen and oxygen atoms in total. The van der Waals surface area contributed by atoms with Gasteiger partial charge >= 0.3 is 5.97 Å². The molecule has 0 aliphatic rings. The molecule has 0 spiro atoms. The highest BCUT2D eigenvalue weighted by Gasteiger charge is 2.09. The Labute approximate surface area is 79.9 Å². The molecule has 0 aliphatic carbocycles. The Morgan fingerprint density at radius 2 is 2.36 bits per heavy atom. The lowest BCUT2D eigenvalue weighted by molar-refractivity contribution is -0.118. The summed E-state index contributed by atoms with van der Waals surface area (Å²) in [4.78, 5) is 20.9. The molecule has 0 bridgehead atoms. The van der Waals surface area contributed by atoms with Gasteiger partial charge in [0, 0.05) is 26.0 Å². The normalized spacial score (nSPS) is 9.79. The molecule has 0 unspecified atom stereocenters. The molecule has 1 aromatic heterocycles. The number of rotatable bonds is 4. The van der Waals surface area contributed by atoms with Crippen LogP contribution in [0.4, 0.5) is 0 Å². The third-order valence-corrected chi connectivity index (χ3v) is 1.52. The van der Waals surface area contributed by atoms with Crippen LogP contribution in [0, 0.1) is 0 Å². The van der Waals surface area contributed by atoms with Crippen LogP contribution in [-0.2, 0) is 11.2 Å². The lowest BCUT2D eigenvalue weighted by Gasteiger charge is -1.96. The van der Waals surface area contributed by atoms with Gasteiger partial charge in [0.15, 0.2) is 5.69 Å². The van der Waals surface area contributed by atoms with E-state index in [0.29, 0.717) is 18.7 Å². The predicted octanol–water partition coefficient (Wildman–Crippen LogP) is 0.0514. The Bertz CT molecular complexity index is 345. The molecule has 6 heteroatoms. The van der Waals surface area contributed by atoms with Gasteiger partial charge in [0.25, 0.3) is 0 Å². The second-order valence-corrected chi connectivity index (χ2v) is 2.72. The van der Waals surface area contributed by atoms with E-state index in [-0.39, 0.29) is 11.6 Å². The van der Waals surface area contributed by atoms with E-state index in [1.165, 1.54) is 13.0 Å². The van der Waals surface area contributed by atoms with E-state index in [9.17, 15) is 9.59 Å². The van der Waals surface area contributed by atoms with Crippen LogP contribution in [0.15, 0.2) is 10.6 Å². The zero-order valence-electron chi connectivity index (χ0n) is 7.61. The average molecular weight is 198 g/mol. The minimum atomic E-state index is -1.13. The fourth-order valence-corrected chi connectivity index (χ4v) is 0.893. The standard InChI is InChI=1S/C8H10N2O4/c1-5(11)9-3-2-6-4-7(8(12)13)10-14-6/h4H,2-3H2,1H3,(H,9,11)(H,12,13). The van der Waals surface area contributed by atoms with Crippen LogP contribution in [0.3, 0.4) is 0 Å². The Kier molecular flexibility index (Phi) is 3.22. The quantitative estimate of drug-likeness (QED) is 0.713. The molecule has 0 saturated heterocycles. The van der Waals surface area contributed by atoms with Gasteiger partial charge in [0.1, 0.15) is 5.76 Å². The third kappa shape index (κ3) is 2.89. The van der Waals surface area contributed by atoms with Gasteiger partial charge in [-0.1, -0.05) is 5.16 Å². The summed E-state index contributed by atoms with van der Waals surface area (Å²) in [5, 5.41) is 14.4. The van der Waals surface area contributed by atoms with Crippen LogP contribution in [-0.4, -0.2) is 28.7 Å². The molecule has 1 amide bonds. The maximum absolute atomic E-state index is 10.5. The van der Waals surface area contributed by atoms with Gasteiger partial charge in [-0.3, -0.25) is 4.79 Å². The second kappa shape index (κ2) is 4.40. The molecular weight excluding hydrogens is 188 g/mol. The zero-order valence-corrected chi connectivity index (χ0v) is 7.61. The minimum absolute atomic E-state index is 0.122. The number of hydrogen-bond donors (Lipinski definition) is 2. The first-order valence-electron chi connectivity index (χ1n) is 4.03. The SMILES string of the molecule is CC(=O)NCCc1cc(C(=O)O)no1. The van der Waals surface area contributed by atoms with Gasteiger partial charge in [0.2, 0.25) is 5.91 Å². The van der Waals surface area contributed by atoms with E-state index >= 15 is 0 Å². The molecule has 0 atom stereocenters. The van der Waals surface area contributed by atoms with Crippen LogP contribution >= 0.6 is 0 Å². The lowest BCUT2D eigenvalue weighted by Crippen LogP contribution is -2.22. The minimum Gasteiger partial charge on any atom is -0.476 e. The van der Waals surface area contributed by atoms with Gasteiger partial charge in [-0.25, -0.2) is 4.79 Å². The fraction of sp³-hybridized carbons (Fsp3) is 0.375. The molecule has 1 aromatic rings. The van der Waals surface area contributed by atoms with Crippen molar-refractivity contribution >= 4 is 11.9 Å². The Morgan fingerprint density at radius 1 is 1.64 bits per heavy atom. The number of nitrogens with zero attached hydrogens (tertiary/aromatic N) is 1. The number of aromatic carboxylic acids is 1. The number of carboxylic acids is 1. The van der Waals surface area contributed by atoms with E-state index in [4.69, 9.17) is 9.63 Å². The number of nitrogens with one attached hydrogen (secondary N) is 1. The molecule has 2 N–H and O–H groups in total. The third-order valence-electron chi connectivity index (χ3n) is 1.52. The van der Waals surface area contributed by atoms with Crippen molar-refractivity contribution in [3.05, 3.63) is 17.5 Å². The summed E-state index contributed by atoms with van der Waals surface area (Å²) in [6, 6.07) is 1.34. The van der Waals surface area contributed by atoms with Crippen molar-refractivity contribution in [2.24, 2.45) is 0 Å². The first kappa shape index (κ1) is 10.2. The number of aromatic nitrogens is 1.